The Morgan fingerprint density at radius 2 is 1.56 bits per heavy atom. The van der Waals surface area contributed by atoms with Crippen molar-refractivity contribution in [3.63, 3.8) is 0 Å². The van der Waals surface area contributed by atoms with E-state index in [1.165, 1.54) is 13.2 Å². The molecule has 0 unspecified atom stereocenters. The number of hydrogen-bond acceptors (Lipinski definition) is 6. The first-order valence-electron chi connectivity index (χ1n) is 12.7. The fourth-order valence-electron chi connectivity index (χ4n) is 3.93. The van der Waals surface area contributed by atoms with Gasteiger partial charge >= 0.3 is 0 Å². The van der Waals surface area contributed by atoms with Crippen LogP contribution >= 0.6 is 15.9 Å². The third-order valence-corrected chi connectivity index (χ3v) is 6.67. The summed E-state index contributed by atoms with van der Waals surface area (Å²) in [5.74, 6) is 1.65. The zero-order valence-electron chi connectivity index (χ0n) is 22.9. The van der Waals surface area contributed by atoms with Gasteiger partial charge in [0.05, 0.1) is 18.7 Å². The Bertz CT molecular complexity index is 1580. The molecule has 0 saturated heterocycles. The van der Waals surface area contributed by atoms with Crippen molar-refractivity contribution in [2.75, 3.05) is 19.5 Å². The van der Waals surface area contributed by atoms with Crippen LogP contribution in [0.1, 0.15) is 22.3 Å². The lowest BCUT2D eigenvalue weighted by atomic mass is 10.1. The van der Waals surface area contributed by atoms with Gasteiger partial charge in [-0.05, 0) is 82.0 Å². The van der Waals surface area contributed by atoms with Gasteiger partial charge in [0.1, 0.15) is 24.9 Å². The zero-order valence-corrected chi connectivity index (χ0v) is 24.5. The van der Waals surface area contributed by atoms with Crippen LogP contribution in [0.3, 0.4) is 0 Å². The number of carbonyl (C=O) groups is 1. The number of halogens is 1. The first-order valence-corrected chi connectivity index (χ1v) is 13.5. The van der Waals surface area contributed by atoms with Gasteiger partial charge in [0.25, 0.3) is 5.91 Å². The van der Waals surface area contributed by atoms with Crippen molar-refractivity contribution in [1.82, 2.24) is 0 Å². The Labute approximate surface area is 248 Å². The smallest absolute Gasteiger partial charge is 0.266 e. The van der Waals surface area contributed by atoms with Gasteiger partial charge in [0.15, 0.2) is 23.0 Å². The monoisotopic (exact) mass is 612 g/mol. The molecule has 41 heavy (non-hydrogen) atoms. The SMILES string of the molecule is COc1cc(COc2c(Br)cc(/C=C(/C#N)C(=O)Nc3ccc(C)cc3)cc2OC)ccc1OCc1ccccc1. The first kappa shape index (κ1) is 29.2. The summed E-state index contributed by atoms with van der Waals surface area (Å²) >= 11 is 3.54. The van der Waals surface area contributed by atoms with Crippen LogP contribution in [0.15, 0.2) is 95.0 Å². The highest BCUT2D eigenvalue weighted by Gasteiger charge is 2.15. The van der Waals surface area contributed by atoms with E-state index in [0.717, 1.165) is 16.7 Å². The summed E-state index contributed by atoms with van der Waals surface area (Å²) in [6, 6.07) is 28.3. The molecule has 0 fully saturated rings. The van der Waals surface area contributed by atoms with Crippen LogP contribution in [0.5, 0.6) is 23.0 Å². The minimum atomic E-state index is -0.503. The Kier molecular flexibility index (Phi) is 10.0. The predicted octanol–water partition coefficient (Wildman–Crippen LogP) is 7.48. The van der Waals surface area contributed by atoms with E-state index in [-0.39, 0.29) is 12.2 Å². The van der Waals surface area contributed by atoms with E-state index < -0.39 is 5.91 Å². The summed E-state index contributed by atoms with van der Waals surface area (Å²) in [5, 5.41) is 12.4. The van der Waals surface area contributed by atoms with E-state index in [1.807, 2.05) is 73.7 Å². The molecule has 1 amide bonds. The van der Waals surface area contributed by atoms with Crippen molar-refractivity contribution in [3.05, 3.63) is 117 Å². The molecule has 4 aromatic carbocycles. The largest absolute Gasteiger partial charge is 0.493 e. The lowest BCUT2D eigenvalue weighted by Crippen LogP contribution is -2.13. The lowest BCUT2D eigenvalue weighted by molar-refractivity contribution is -0.112. The van der Waals surface area contributed by atoms with Crippen molar-refractivity contribution < 1.29 is 23.7 Å². The molecule has 0 aromatic heterocycles. The number of nitrogens with one attached hydrogen (secondary N) is 1. The Hall–Kier alpha value is -4.74. The second-order valence-corrected chi connectivity index (χ2v) is 9.93. The highest BCUT2D eigenvalue weighted by atomic mass is 79.9. The van der Waals surface area contributed by atoms with Gasteiger partial charge in [-0.1, -0.05) is 54.1 Å². The van der Waals surface area contributed by atoms with Crippen LogP contribution in [-0.4, -0.2) is 20.1 Å². The average molecular weight is 614 g/mol. The summed E-state index contributed by atoms with van der Waals surface area (Å²) in [5.41, 5.74) is 4.16. The highest BCUT2D eigenvalue weighted by Crippen LogP contribution is 2.38. The Morgan fingerprint density at radius 1 is 0.854 bits per heavy atom. The Morgan fingerprint density at radius 3 is 2.24 bits per heavy atom. The van der Waals surface area contributed by atoms with E-state index >= 15 is 0 Å². The number of hydrogen-bond donors (Lipinski definition) is 1. The van der Waals surface area contributed by atoms with Crippen LogP contribution in [0.25, 0.3) is 6.08 Å². The number of aryl methyl sites for hydroxylation is 1. The third-order valence-electron chi connectivity index (χ3n) is 6.09. The van der Waals surface area contributed by atoms with Crippen LogP contribution in [0.2, 0.25) is 0 Å². The van der Waals surface area contributed by atoms with Crippen LogP contribution < -0.4 is 24.3 Å². The van der Waals surface area contributed by atoms with Gasteiger partial charge in [-0.2, -0.15) is 5.26 Å². The molecule has 1 N–H and O–H groups in total. The summed E-state index contributed by atoms with van der Waals surface area (Å²) < 4.78 is 23.8. The molecule has 0 aliphatic carbocycles. The molecule has 4 rings (SSSR count). The van der Waals surface area contributed by atoms with E-state index in [0.29, 0.717) is 45.3 Å². The molecule has 4 aromatic rings. The summed E-state index contributed by atoms with van der Waals surface area (Å²) in [6.45, 7) is 2.63. The van der Waals surface area contributed by atoms with Crippen LogP contribution in [0.4, 0.5) is 5.69 Å². The number of nitrogens with zero attached hydrogens (tertiary/aromatic N) is 1. The quantitative estimate of drug-likeness (QED) is 0.139. The summed E-state index contributed by atoms with van der Waals surface area (Å²) in [7, 11) is 3.12. The fraction of sp³-hybridized carbons (Fsp3) is 0.152. The van der Waals surface area contributed by atoms with Gasteiger partial charge in [-0.15, -0.1) is 0 Å². The second kappa shape index (κ2) is 14.1. The molecule has 0 radical (unpaired) electrons. The number of nitriles is 1. The molecule has 0 saturated carbocycles. The van der Waals surface area contributed by atoms with E-state index in [4.69, 9.17) is 18.9 Å². The number of anilines is 1. The molecule has 0 spiro atoms. The van der Waals surface area contributed by atoms with Crippen LogP contribution in [0, 0.1) is 18.3 Å². The number of carbonyl (C=O) groups excluding carboxylic acids is 1. The van der Waals surface area contributed by atoms with E-state index in [2.05, 4.69) is 21.2 Å². The number of rotatable bonds is 11. The van der Waals surface area contributed by atoms with Crippen molar-refractivity contribution in [2.24, 2.45) is 0 Å². The second-order valence-electron chi connectivity index (χ2n) is 9.07. The van der Waals surface area contributed by atoms with Crippen molar-refractivity contribution in [2.45, 2.75) is 20.1 Å². The van der Waals surface area contributed by atoms with Gasteiger partial charge in [-0.3, -0.25) is 4.79 Å². The maximum absolute atomic E-state index is 12.7. The van der Waals surface area contributed by atoms with Gasteiger partial charge in [-0.25, -0.2) is 0 Å². The topological polar surface area (TPSA) is 89.8 Å². The average Bonchev–Trinajstić information content (AvgIpc) is 2.99. The van der Waals surface area contributed by atoms with Crippen molar-refractivity contribution in [3.8, 4) is 29.1 Å². The number of amides is 1. The molecule has 7 nitrogen and oxygen atoms in total. The zero-order chi connectivity index (χ0) is 29.2. The molecule has 0 aliphatic heterocycles. The predicted molar refractivity (Wildman–Crippen MR) is 162 cm³/mol. The summed E-state index contributed by atoms with van der Waals surface area (Å²) in [6.07, 6.45) is 1.50. The maximum Gasteiger partial charge on any atom is 0.266 e. The van der Waals surface area contributed by atoms with Gasteiger partial charge in [0, 0.05) is 5.69 Å². The molecule has 0 heterocycles. The Balaban J connectivity index is 1.46. The molecular formula is C33H29BrN2O5. The molecule has 208 valence electrons. The first-order chi connectivity index (χ1) is 19.9. The van der Waals surface area contributed by atoms with Crippen molar-refractivity contribution in [1.29, 1.82) is 5.26 Å². The number of methoxy groups -OCH3 is 2. The molecule has 0 aliphatic rings. The standard InChI is InChI=1S/C33H29BrN2O5/c1-22-9-12-27(13-10-22)36-33(37)26(19-35)15-25-16-28(34)32(31(18-25)39-3)41-21-24-11-14-29(30(17-24)38-2)40-20-23-7-5-4-6-8-23/h4-18H,20-21H2,1-3H3,(H,36,37)/b26-15-. The number of benzene rings is 4. The van der Waals surface area contributed by atoms with E-state index in [9.17, 15) is 10.1 Å². The molecule has 8 heteroatoms. The van der Waals surface area contributed by atoms with Gasteiger partial charge in [0.2, 0.25) is 0 Å². The fourth-order valence-corrected chi connectivity index (χ4v) is 4.50. The van der Waals surface area contributed by atoms with Crippen LogP contribution in [-0.2, 0) is 18.0 Å². The van der Waals surface area contributed by atoms with E-state index in [1.54, 1.807) is 31.4 Å². The minimum absolute atomic E-state index is 0.0464. The maximum atomic E-state index is 12.7. The van der Waals surface area contributed by atoms with Crippen molar-refractivity contribution >= 4 is 33.6 Å². The van der Waals surface area contributed by atoms with Gasteiger partial charge < -0.3 is 24.3 Å². The lowest BCUT2D eigenvalue weighted by Gasteiger charge is -2.15. The highest BCUT2D eigenvalue weighted by molar-refractivity contribution is 9.10. The number of ether oxygens (including phenoxy) is 4. The third kappa shape index (κ3) is 7.90. The molecular weight excluding hydrogens is 584 g/mol. The normalized spacial score (nSPS) is 10.9. The summed E-state index contributed by atoms with van der Waals surface area (Å²) in [4.78, 5) is 12.7. The molecule has 0 atom stereocenters. The molecule has 0 bridgehead atoms. The minimum Gasteiger partial charge on any atom is -0.493 e.